The first-order valence-electron chi connectivity index (χ1n) is 5.07. The van der Waals surface area contributed by atoms with Gasteiger partial charge in [0.25, 0.3) is 5.91 Å². The van der Waals surface area contributed by atoms with Gasteiger partial charge in [-0.3, -0.25) is 4.79 Å². The number of aromatic nitrogens is 2. The zero-order valence-corrected chi connectivity index (χ0v) is 11.0. The van der Waals surface area contributed by atoms with Gasteiger partial charge in [0.1, 0.15) is 0 Å². The second kappa shape index (κ2) is 5.62. The first kappa shape index (κ1) is 13.4. The van der Waals surface area contributed by atoms with Crippen molar-refractivity contribution in [2.75, 3.05) is 20.7 Å². The van der Waals surface area contributed by atoms with Gasteiger partial charge in [0.15, 0.2) is 5.69 Å². The molecule has 7 heteroatoms. The number of carbonyl (C=O) groups excluding carboxylic acids is 1. The van der Waals surface area contributed by atoms with E-state index in [-0.39, 0.29) is 5.91 Å². The van der Waals surface area contributed by atoms with E-state index in [0.29, 0.717) is 29.5 Å². The molecule has 0 spiro atoms. The summed E-state index contributed by atoms with van der Waals surface area (Å²) in [6.07, 6.45) is 0.502. The Morgan fingerprint density at radius 1 is 1.71 bits per heavy atom. The smallest absolute Gasteiger partial charge is 0.274 e. The minimum atomic E-state index is -0.180. The van der Waals surface area contributed by atoms with Gasteiger partial charge < -0.3 is 15.4 Å². The van der Waals surface area contributed by atoms with Crippen LogP contribution >= 0.6 is 12.2 Å². The topological polar surface area (TPSA) is 73.4 Å². The Morgan fingerprint density at radius 2 is 2.35 bits per heavy atom. The molecule has 1 amide bonds. The van der Waals surface area contributed by atoms with Gasteiger partial charge in [-0.25, -0.2) is 4.68 Å². The Bertz CT molecular complexity index is 430. The summed E-state index contributed by atoms with van der Waals surface area (Å²) < 4.78 is 6.55. The molecule has 0 aromatic carbocycles. The highest BCUT2D eigenvalue weighted by Crippen LogP contribution is 2.12. The van der Waals surface area contributed by atoms with E-state index >= 15 is 0 Å². The molecule has 17 heavy (non-hydrogen) atoms. The minimum absolute atomic E-state index is 0.180. The number of amides is 1. The molecule has 0 atom stereocenters. The lowest BCUT2D eigenvalue weighted by atomic mass is 10.3. The van der Waals surface area contributed by atoms with Crippen LogP contribution in [-0.4, -0.2) is 46.3 Å². The van der Waals surface area contributed by atoms with Gasteiger partial charge in [0.2, 0.25) is 5.88 Å². The summed E-state index contributed by atoms with van der Waals surface area (Å²) >= 11 is 4.76. The van der Waals surface area contributed by atoms with Crippen LogP contribution in [0.2, 0.25) is 0 Å². The van der Waals surface area contributed by atoms with Gasteiger partial charge in [-0.1, -0.05) is 12.2 Å². The average molecular weight is 256 g/mol. The zero-order valence-electron chi connectivity index (χ0n) is 10.1. The van der Waals surface area contributed by atoms with Gasteiger partial charge in [-0.15, -0.1) is 0 Å². The summed E-state index contributed by atoms with van der Waals surface area (Å²) in [5, 5.41) is 4.07. The largest absolute Gasteiger partial charge is 0.481 e. The van der Waals surface area contributed by atoms with E-state index in [0.717, 1.165) is 0 Å². The fourth-order valence-corrected chi connectivity index (χ4v) is 1.41. The number of carbonyl (C=O) groups is 1. The van der Waals surface area contributed by atoms with Crippen LogP contribution in [0.5, 0.6) is 5.88 Å². The number of hydrogen-bond donors (Lipinski definition) is 1. The van der Waals surface area contributed by atoms with Crippen molar-refractivity contribution >= 4 is 23.1 Å². The lowest BCUT2D eigenvalue weighted by Crippen LogP contribution is -2.30. The van der Waals surface area contributed by atoms with E-state index in [4.69, 9.17) is 22.7 Å². The van der Waals surface area contributed by atoms with E-state index in [1.165, 1.54) is 16.7 Å². The van der Waals surface area contributed by atoms with E-state index in [1.807, 2.05) is 0 Å². The van der Waals surface area contributed by atoms with Crippen LogP contribution in [0.25, 0.3) is 0 Å². The molecule has 2 N–H and O–H groups in total. The Hall–Kier alpha value is -1.63. The van der Waals surface area contributed by atoms with E-state index in [1.54, 1.807) is 20.2 Å². The van der Waals surface area contributed by atoms with E-state index in [2.05, 4.69) is 5.10 Å². The number of thiocarbonyl (C=S) groups is 1. The molecule has 94 valence electrons. The predicted octanol–water partition coefficient (Wildman–Crippen LogP) is 0.177. The molecule has 0 saturated heterocycles. The summed E-state index contributed by atoms with van der Waals surface area (Å²) in [4.78, 5) is 13.9. The van der Waals surface area contributed by atoms with Crippen LogP contribution in [0, 0.1) is 0 Å². The number of nitrogens with two attached hydrogens (primary N) is 1. The van der Waals surface area contributed by atoms with Crippen LogP contribution in [-0.2, 0) is 7.05 Å². The molecule has 1 aromatic heterocycles. The summed E-state index contributed by atoms with van der Waals surface area (Å²) in [5.74, 6) is 0.358. The monoisotopic (exact) mass is 256 g/mol. The maximum atomic E-state index is 11.9. The molecule has 0 saturated carbocycles. The Balaban J connectivity index is 2.71. The molecule has 0 bridgehead atoms. The third-order valence-corrected chi connectivity index (χ3v) is 2.51. The van der Waals surface area contributed by atoms with Crippen molar-refractivity contribution in [3.63, 3.8) is 0 Å². The molecule has 0 aliphatic carbocycles. The van der Waals surface area contributed by atoms with Crippen LogP contribution in [0.1, 0.15) is 16.9 Å². The van der Waals surface area contributed by atoms with E-state index in [9.17, 15) is 4.79 Å². The molecular formula is C10H16N4O2S. The van der Waals surface area contributed by atoms with Gasteiger partial charge in [-0.2, -0.15) is 5.10 Å². The van der Waals surface area contributed by atoms with Crippen molar-refractivity contribution in [2.45, 2.75) is 6.42 Å². The number of hydrogen-bond acceptors (Lipinski definition) is 4. The van der Waals surface area contributed by atoms with Crippen molar-refractivity contribution in [1.29, 1.82) is 0 Å². The predicted molar refractivity (Wildman–Crippen MR) is 68.1 cm³/mol. The number of rotatable bonds is 5. The lowest BCUT2D eigenvalue weighted by Gasteiger charge is -2.14. The number of methoxy groups -OCH3 is 1. The van der Waals surface area contributed by atoms with Crippen molar-refractivity contribution in [2.24, 2.45) is 12.8 Å². The third-order valence-electron chi connectivity index (χ3n) is 2.31. The molecule has 1 rings (SSSR count). The maximum Gasteiger partial charge on any atom is 0.274 e. The lowest BCUT2D eigenvalue weighted by molar-refractivity contribution is 0.0792. The Kier molecular flexibility index (Phi) is 4.45. The Morgan fingerprint density at radius 3 is 2.82 bits per heavy atom. The average Bonchev–Trinajstić information content (AvgIpc) is 2.66. The highest BCUT2D eigenvalue weighted by Gasteiger charge is 2.17. The first-order valence-corrected chi connectivity index (χ1v) is 5.48. The van der Waals surface area contributed by atoms with Crippen LogP contribution in [0.4, 0.5) is 0 Å². The van der Waals surface area contributed by atoms with Crippen LogP contribution < -0.4 is 10.5 Å². The zero-order chi connectivity index (χ0) is 13.0. The van der Waals surface area contributed by atoms with Crippen molar-refractivity contribution < 1.29 is 9.53 Å². The number of ether oxygens (including phenoxy) is 1. The number of nitrogens with zero attached hydrogens (tertiary/aromatic N) is 3. The first-order chi connectivity index (χ1) is 7.95. The highest BCUT2D eigenvalue weighted by atomic mass is 32.1. The molecule has 0 fully saturated rings. The van der Waals surface area contributed by atoms with Crippen LogP contribution in [0.15, 0.2) is 6.07 Å². The molecule has 1 aromatic rings. The second-order valence-electron chi connectivity index (χ2n) is 3.64. The molecule has 0 aliphatic rings. The summed E-state index contributed by atoms with van der Waals surface area (Å²) in [7, 11) is 4.92. The molecule has 6 nitrogen and oxygen atoms in total. The fraction of sp³-hybridized carbons (Fsp3) is 0.500. The second-order valence-corrected chi connectivity index (χ2v) is 4.16. The van der Waals surface area contributed by atoms with Crippen LogP contribution in [0.3, 0.4) is 0 Å². The van der Waals surface area contributed by atoms with Gasteiger partial charge in [-0.05, 0) is 0 Å². The highest BCUT2D eigenvalue weighted by molar-refractivity contribution is 7.80. The molecule has 0 radical (unpaired) electrons. The van der Waals surface area contributed by atoms with Crippen molar-refractivity contribution in [3.8, 4) is 5.88 Å². The maximum absolute atomic E-state index is 11.9. The van der Waals surface area contributed by atoms with Crippen molar-refractivity contribution in [1.82, 2.24) is 14.7 Å². The molecule has 0 unspecified atom stereocenters. The van der Waals surface area contributed by atoms with E-state index < -0.39 is 0 Å². The quantitative estimate of drug-likeness (QED) is 0.761. The fourth-order valence-electron chi connectivity index (χ4n) is 1.32. The standard InChI is InChI=1S/C10H16N4O2S/c1-13(5-4-8(11)17)10(15)7-6-9(16-3)14(2)12-7/h6H,4-5H2,1-3H3,(H2,11,17). The summed E-state index contributed by atoms with van der Waals surface area (Å²) in [6, 6.07) is 1.60. The third kappa shape index (κ3) is 3.42. The van der Waals surface area contributed by atoms with Gasteiger partial charge in [0.05, 0.1) is 12.1 Å². The minimum Gasteiger partial charge on any atom is -0.481 e. The molecule has 1 heterocycles. The summed E-state index contributed by atoms with van der Waals surface area (Å²) in [5.41, 5.74) is 5.73. The Labute approximate surface area is 105 Å². The SMILES string of the molecule is COc1cc(C(=O)N(C)CCC(N)=S)nn1C. The normalized spacial score (nSPS) is 10.1. The molecular weight excluding hydrogens is 240 g/mol. The molecule has 0 aliphatic heterocycles. The summed E-state index contributed by atoms with van der Waals surface area (Å²) in [6.45, 7) is 0.479. The van der Waals surface area contributed by atoms with Crippen molar-refractivity contribution in [3.05, 3.63) is 11.8 Å². The van der Waals surface area contributed by atoms with Gasteiger partial charge in [0, 0.05) is 33.1 Å². The number of aryl methyl sites for hydroxylation is 1. The van der Waals surface area contributed by atoms with Gasteiger partial charge >= 0.3 is 0 Å².